The molecule has 0 radical (unpaired) electrons. The van der Waals surface area contributed by atoms with E-state index >= 15 is 0 Å². The smallest absolute Gasteiger partial charge is 0.315 e. The summed E-state index contributed by atoms with van der Waals surface area (Å²) in [5.74, 6) is -0.247. The van der Waals surface area contributed by atoms with E-state index < -0.39 is 5.97 Å². The van der Waals surface area contributed by atoms with Crippen LogP contribution >= 0.6 is 0 Å². The molecule has 0 saturated heterocycles. The van der Waals surface area contributed by atoms with E-state index in [1.807, 2.05) is 30.3 Å². The van der Waals surface area contributed by atoms with Crippen molar-refractivity contribution in [3.05, 3.63) is 35.9 Å². The summed E-state index contributed by atoms with van der Waals surface area (Å²) in [7, 11) is 0. The average molecular weight is 318 g/mol. The molecule has 1 aromatic carbocycles. The van der Waals surface area contributed by atoms with E-state index in [9.17, 15) is 9.59 Å². The molecule has 5 heteroatoms. The normalized spacial score (nSPS) is 16.0. The Morgan fingerprint density at radius 2 is 1.87 bits per heavy atom. The number of hydrogen-bond acceptors (Lipinski definition) is 2. The lowest BCUT2D eigenvalue weighted by Crippen LogP contribution is -2.44. The molecule has 5 nitrogen and oxygen atoms in total. The molecule has 1 aliphatic carbocycles. The predicted octanol–water partition coefficient (Wildman–Crippen LogP) is 2.95. The van der Waals surface area contributed by atoms with Crippen molar-refractivity contribution in [2.24, 2.45) is 5.92 Å². The fourth-order valence-electron chi connectivity index (χ4n) is 3.11. The third-order valence-corrected chi connectivity index (χ3v) is 4.39. The van der Waals surface area contributed by atoms with Gasteiger partial charge in [-0.05, 0) is 37.2 Å². The number of hydrogen-bond donors (Lipinski definition) is 3. The molecule has 1 atom stereocenters. The topological polar surface area (TPSA) is 78.4 Å². The Bertz CT molecular complexity index is 498. The molecule has 1 saturated carbocycles. The van der Waals surface area contributed by atoms with Crippen LogP contribution in [0, 0.1) is 5.92 Å². The van der Waals surface area contributed by atoms with E-state index in [0.29, 0.717) is 25.3 Å². The van der Waals surface area contributed by atoms with Crippen molar-refractivity contribution < 1.29 is 14.7 Å². The van der Waals surface area contributed by atoms with Crippen LogP contribution in [0.25, 0.3) is 0 Å². The number of urea groups is 1. The zero-order valence-electron chi connectivity index (χ0n) is 13.5. The second kappa shape index (κ2) is 9.18. The fourth-order valence-corrected chi connectivity index (χ4v) is 3.11. The first-order valence-corrected chi connectivity index (χ1v) is 8.43. The third-order valence-electron chi connectivity index (χ3n) is 4.39. The Morgan fingerprint density at radius 3 is 2.52 bits per heavy atom. The Labute approximate surface area is 137 Å². The van der Waals surface area contributed by atoms with Crippen LogP contribution in [0.3, 0.4) is 0 Å². The maximum absolute atomic E-state index is 12.1. The van der Waals surface area contributed by atoms with Crippen molar-refractivity contribution in [3.8, 4) is 0 Å². The van der Waals surface area contributed by atoms with Crippen molar-refractivity contribution in [2.45, 2.75) is 51.0 Å². The van der Waals surface area contributed by atoms with Gasteiger partial charge in [-0.25, -0.2) is 4.79 Å². The Kier molecular flexibility index (Phi) is 6.91. The van der Waals surface area contributed by atoms with Crippen molar-refractivity contribution in [3.63, 3.8) is 0 Å². The van der Waals surface area contributed by atoms with Crippen molar-refractivity contribution in [1.82, 2.24) is 10.6 Å². The van der Waals surface area contributed by atoms with Crippen LogP contribution < -0.4 is 10.6 Å². The van der Waals surface area contributed by atoms with Gasteiger partial charge in [0.05, 0.1) is 0 Å². The number of amides is 2. The first-order chi connectivity index (χ1) is 11.1. The molecule has 23 heavy (non-hydrogen) atoms. The third kappa shape index (κ3) is 6.72. The van der Waals surface area contributed by atoms with Crippen LogP contribution in [0.4, 0.5) is 4.79 Å². The maximum atomic E-state index is 12.1. The number of rotatable bonds is 8. The Morgan fingerprint density at radius 1 is 1.17 bits per heavy atom. The minimum atomic E-state index is -0.837. The molecular formula is C18H26N2O3. The highest BCUT2D eigenvalue weighted by atomic mass is 16.4. The molecule has 1 unspecified atom stereocenters. The lowest BCUT2D eigenvalue weighted by molar-refractivity contribution is -0.137. The largest absolute Gasteiger partial charge is 0.481 e. The van der Waals surface area contributed by atoms with E-state index in [1.54, 1.807) is 0 Å². The second-order valence-electron chi connectivity index (χ2n) is 6.32. The van der Waals surface area contributed by atoms with Gasteiger partial charge in [0.15, 0.2) is 0 Å². The number of carbonyl (C=O) groups is 2. The predicted molar refractivity (Wildman–Crippen MR) is 89.3 cm³/mol. The molecule has 2 rings (SSSR count). The van der Waals surface area contributed by atoms with Crippen molar-refractivity contribution in [1.29, 1.82) is 0 Å². The molecular weight excluding hydrogens is 292 g/mol. The number of benzene rings is 1. The molecule has 2 amide bonds. The summed E-state index contributed by atoms with van der Waals surface area (Å²) < 4.78 is 0. The van der Waals surface area contributed by atoms with Gasteiger partial charge in [0.1, 0.15) is 0 Å². The van der Waals surface area contributed by atoms with Crippen LogP contribution in [0.5, 0.6) is 0 Å². The summed E-state index contributed by atoms with van der Waals surface area (Å²) in [4.78, 5) is 22.9. The van der Waals surface area contributed by atoms with Crippen molar-refractivity contribution in [2.75, 3.05) is 6.54 Å². The molecule has 1 fully saturated rings. The monoisotopic (exact) mass is 318 g/mol. The number of carboxylic acids is 1. The molecule has 0 spiro atoms. The standard InChI is InChI=1S/C18H26N2O3/c21-17(22)11-10-16(12-14-6-2-1-3-7-14)20-18(23)19-13-15-8-4-5-9-15/h1-3,6-7,15-16H,4-5,8-13H2,(H,21,22)(H2,19,20,23). The average Bonchev–Trinajstić information content (AvgIpc) is 3.05. The number of carbonyl (C=O) groups excluding carboxylic acids is 1. The van der Waals surface area contributed by atoms with Gasteiger partial charge < -0.3 is 15.7 Å². The molecule has 1 aliphatic rings. The van der Waals surface area contributed by atoms with Gasteiger partial charge in [-0.15, -0.1) is 0 Å². The first kappa shape index (κ1) is 17.3. The minimum Gasteiger partial charge on any atom is -0.481 e. The highest BCUT2D eigenvalue weighted by molar-refractivity contribution is 5.74. The lowest BCUT2D eigenvalue weighted by Gasteiger charge is -2.19. The van der Waals surface area contributed by atoms with Crippen LogP contribution in [-0.2, 0) is 11.2 Å². The number of carboxylic acid groups (broad SMARTS) is 1. The second-order valence-corrected chi connectivity index (χ2v) is 6.32. The van der Waals surface area contributed by atoms with Crippen LogP contribution in [0.15, 0.2) is 30.3 Å². The van der Waals surface area contributed by atoms with E-state index in [-0.39, 0.29) is 18.5 Å². The quantitative estimate of drug-likeness (QED) is 0.689. The molecule has 0 bridgehead atoms. The first-order valence-electron chi connectivity index (χ1n) is 8.43. The summed E-state index contributed by atoms with van der Waals surface area (Å²) in [6.45, 7) is 0.711. The van der Waals surface area contributed by atoms with E-state index in [1.165, 1.54) is 25.7 Å². The number of aliphatic carboxylic acids is 1. The van der Waals surface area contributed by atoms with Crippen LogP contribution in [0.2, 0.25) is 0 Å². The molecule has 1 aromatic rings. The Hall–Kier alpha value is -2.04. The fraction of sp³-hybridized carbons (Fsp3) is 0.556. The molecule has 126 valence electrons. The molecule has 3 N–H and O–H groups in total. The SMILES string of the molecule is O=C(O)CCC(Cc1ccccc1)NC(=O)NCC1CCCC1. The van der Waals surface area contributed by atoms with Crippen LogP contribution in [-0.4, -0.2) is 29.7 Å². The zero-order chi connectivity index (χ0) is 16.5. The van der Waals surface area contributed by atoms with Crippen LogP contribution in [0.1, 0.15) is 44.1 Å². The van der Waals surface area contributed by atoms with E-state index in [4.69, 9.17) is 5.11 Å². The zero-order valence-corrected chi connectivity index (χ0v) is 13.5. The van der Waals surface area contributed by atoms with Gasteiger partial charge in [0, 0.05) is 19.0 Å². The highest BCUT2D eigenvalue weighted by Crippen LogP contribution is 2.23. The Balaban J connectivity index is 1.82. The van der Waals surface area contributed by atoms with Gasteiger partial charge in [-0.3, -0.25) is 4.79 Å². The minimum absolute atomic E-state index is 0.0560. The van der Waals surface area contributed by atoms with Gasteiger partial charge >= 0.3 is 12.0 Å². The van der Waals surface area contributed by atoms with Gasteiger partial charge in [0.2, 0.25) is 0 Å². The summed E-state index contributed by atoms with van der Waals surface area (Å²) in [5, 5.41) is 14.7. The maximum Gasteiger partial charge on any atom is 0.315 e. The molecule has 0 aliphatic heterocycles. The van der Waals surface area contributed by atoms with Gasteiger partial charge in [-0.1, -0.05) is 43.2 Å². The van der Waals surface area contributed by atoms with Gasteiger partial charge in [0.25, 0.3) is 0 Å². The van der Waals surface area contributed by atoms with E-state index in [2.05, 4.69) is 10.6 Å². The lowest BCUT2D eigenvalue weighted by atomic mass is 10.0. The van der Waals surface area contributed by atoms with E-state index in [0.717, 1.165) is 5.56 Å². The summed E-state index contributed by atoms with van der Waals surface area (Å²) >= 11 is 0. The highest BCUT2D eigenvalue weighted by Gasteiger charge is 2.18. The summed E-state index contributed by atoms with van der Waals surface area (Å²) in [6.07, 6.45) is 6.01. The van der Waals surface area contributed by atoms with Gasteiger partial charge in [-0.2, -0.15) is 0 Å². The summed E-state index contributed by atoms with van der Waals surface area (Å²) in [6, 6.07) is 9.46. The number of nitrogens with one attached hydrogen (secondary N) is 2. The molecule has 0 heterocycles. The summed E-state index contributed by atoms with van der Waals surface area (Å²) in [5.41, 5.74) is 1.10. The van der Waals surface area contributed by atoms with Crippen molar-refractivity contribution >= 4 is 12.0 Å². The molecule has 0 aromatic heterocycles.